The highest BCUT2D eigenvalue weighted by atomic mass is 32.1. The number of hydrogen-bond donors (Lipinski definition) is 1. The standard InChI is InChI=1S/C25H26N2O4S/c1-17-14-22(18(2)27(17)12-11-21-10-7-13-32-21)24(29)16-31-25(30)23(26-19(3)28)15-20-8-5-4-6-9-20/h4-10,13-15H,11-12,16H2,1-3H3,(H,26,28)/b23-15+. The molecule has 32 heavy (non-hydrogen) atoms. The molecule has 1 N–H and O–H groups in total. The number of benzene rings is 1. The number of Topliss-reactive ketones (excluding diaryl/α,β-unsaturated/α-hetero) is 1. The van der Waals surface area contributed by atoms with Crippen LogP contribution in [0.3, 0.4) is 0 Å². The number of aromatic nitrogens is 1. The van der Waals surface area contributed by atoms with Gasteiger partial charge in [0.25, 0.3) is 0 Å². The van der Waals surface area contributed by atoms with Crippen LogP contribution in [0.4, 0.5) is 0 Å². The molecule has 0 aliphatic heterocycles. The smallest absolute Gasteiger partial charge is 0.355 e. The summed E-state index contributed by atoms with van der Waals surface area (Å²) in [6, 6.07) is 15.0. The molecule has 0 fully saturated rings. The number of carbonyl (C=O) groups excluding carboxylic acids is 3. The molecular weight excluding hydrogens is 424 g/mol. The van der Waals surface area contributed by atoms with Gasteiger partial charge in [0.05, 0.1) is 0 Å². The van der Waals surface area contributed by atoms with Crippen LogP contribution in [0.2, 0.25) is 0 Å². The van der Waals surface area contributed by atoms with Crippen molar-refractivity contribution >= 4 is 35.1 Å². The number of nitrogens with one attached hydrogen (secondary N) is 1. The minimum Gasteiger partial charge on any atom is -0.453 e. The summed E-state index contributed by atoms with van der Waals surface area (Å²) in [5.74, 6) is -1.44. The SMILES string of the molecule is CC(=O)N/C(=C/c1ccccc1)C(=O)OCC(=O)c1cc(C)n(CCc2cccs2)c1C. The third kappa shape index (κ3) is 6.04. The van der Waals surface area contributed by atoms with Gasteiger partial charge in [-0.3, -0.25) is 9.59 Å². The first-order chi connectivity index (χ1) is 15.3. The maximum absolute atomic E-state index is 12.8. The van der Waals surface area contributed by atoms with Crippen molar-refractivity contribution in [2.45, 2.75) is 33.7 Å². The largest absolute Gasteiger partial charge is 0.453 e. The van der Waals surface area contributed by atoms with E-state index in [2.05, 4.69) is 21.3 Å². The molecule has 1 aromatic carbocycles. The quantitative estimate of drug-likeness (QED) is 0.299. The van der Waals surface area contributed by atoms with Crippen LogP contribution in [-0.2, 0) is 27.3 Å². The zero-order chi connectivity index (χ0) is 23.1. The van der Waals surface area contributed by atoms with Crippen molar-refractivity contribution in [2.24, 2.45) is 0 Å². The lowest BCUT2D eigenvalue weighted by molar-refractivity contribution is -0.139. The molecule has 0 bridgehead atoms. The Balaban J connectivity index is 1.67. The summed E-state index contributed by atoms with van der Waals surface area (Å²) in [5, 5.41) is 4.53. The summed E-state index contributed by atoms with van der Waals surface area (Å²) in [5.41, 5.74) is 3.08. The van der Waals surface area contributed by atoms with Crippen molar-refractivity contribution in [1.29, 1.82) is 0 Å². The maximum Gasteiger partial charge on any atom is 0.355 e. The van der Waals surface area contributed by atoms with E-state index in [1.54, 1.807) is 23.5 Å². The van der Waals surface area contributed by atoms with E-state index in [1.807, 2.05) is 44.2 Å². The van der Waals surface area contributed by atoms with Gasteiger partial charge in [0.15, 0.2) is 6.61 Å². The van der Waals surface area contributed by atoms with Crippen molar-refractivity contribution in [3.8, 4) is 0 Å². The Hall–Kier alpha value is -3.45. The highest BCUT2D eigenvalue weighted by molar-refractivity contribution is 7.09. The Bertz CT molecular complexity index is 1130. The molecule has 0 aliphatic carbocycles. The molecule has 0 saturated carbocycles. The summed E-state index contributed by atoms with van der Waals surface area (Å²) >= 11 is 1.71. The Labute approximate surface area is 191 Å². The number of ketones is 1. The third-order valence-electron chi connectivity index (χ3n) is 5.01. The number of nitrogens with zero attached hydrogens (tertiary/aromatic N) is 1. The number of hydrogen-bond acceptors (Lipinski definition) is 5. The molecule has 0 unspecified atom stereocenters. The summed E-state index contributed by atoms with van der Waals surface area (Å²) < 4.78 is 7.34. The minimum atomic E-state index is -0.760. The van der Waals surface area contributed by atoms with Gasteiger partial charge in [0.1, 0.15) is 5.70 Å². The average molecular weight is 451 g/mol. The monoisotopic (exact) mass is 450 g/mol. The van der Waals surface area contributed by atoms with Gasteiger partial charge in [-0.25, -0.2) is 4.79 Å². The first-order valence-corrected chi connectivity index (χ1v) is 11.2. The van der Waals surface area contributed by atoms with Gasteiger partial charge in [0, 0.05) is 35.3 Å². The van der Waals surface area contributed by atoms with E-state index in [9.17, 15) is 14.4 Å². The van der Waals surface area contributed by atoms with Crippen molar-refractivity contribution < 1.29 is 19.1 Å². The molecule has 3 aromatic rings. The van der Waals surface area contributed by atoms with Crippen LogP contribution >= 0.6 is 11.3 Å². The molecule has 2 heterocycles. The molecule has 1 amide bonds. The summed E-state index contributed by atoms with van der Waals surface area (Å²) in [6.07, 6.45) is 2.41. The molecule has 2 aromatic heterocycles. The van der Waals surface area contributed by atoms with Crippen molar-refractivity contribution in [2.75, 3.05) is 6.61 Å². The number of carbonyl (C=O) groups is 3. The van der Waals surface area contributed by atoms with Gasteiger partial charge in [-0.1, -0.05) is 36.4 Å². The molecule has 0 aliphatic rings. The molecule has 0 radical (unpaired) electrons. The van der Waals surface area contributed by atoms with Crippen LogP contribution in [0.25, 0.3) is 6.08 Å². The van der Waals surface area contributed by atoms with E-state index in [-0.39, 0.29) is 11.5 Å². The van der Waals surface area contributed by atoms with Gasteiger partial charge in [-0.2, -0.15) is 0 Å². The number of ether oxygens (including phenoxy) is 1. The van der Waals surface area contributed by atoms with Gasteiger partial charge in [0.2, 0.25) is 11.7 Å². The number of amides is 1. The van der Waals surface area contributed by atoms with Crippen LogP contribution in [0.1, 0.15) is 39.1 Å². The third-order valence-corrected chi connectivity index (χ3v) is 5.95. The molecule has 3 rings (SSSR count). The lowest BCUT2D eigenvalue weighted by Crippen LogP contribution is -2.27. The lowest BCUT2D eigenvalue weighted by Gasteiger charge is -2.10. The minimum absolute atomic E-state index is 0.0158. The van der Waals surface area contributed by atoms with Gasteiger partial charge in [-0.05, 0) is 49.4 Å². The second kappa shape index (κ2) is 10.7. The fourth-order valence-corrected chi connectivity index (χ4v) is 4.14. The number of thiophene rings is 1. The zero-order valence-corrected chi connectivity index (χ0v) is 19.2. The average Bonchev–Trinajstić information content (AvgIpc) is 3.38. The topological polar surface area (TPSA) is 77.4 Å². The van der Waals surface area contributed by atoms with E-state index in [0.29, 0.717) is 5.56 Å². The Morgan fingerprint density at radius 2 is 1.84 bits per heavy atom. The second-order valence-electron chi connectivity index (χ2n) is 7.41. The van der Waals surface area contributed by atoms with Crippen LogP contribution in [0, 0.1) is 13.8 Å². The lowest BCUT2D eigenvalue weighted by atomic mass is 10.1. The Kier molecular flexibility index (Phi) is 7.78. The first kappa shape index (κ1) is 23.2. The van der Waals surface area contributed by atoms with Gasteiger partial charge < -0.3 is 14.6 Å². The first-order valence-electron chi connectivity index (χ1n) is 10.3. The van der Waals surface area contributed by atoms with E-state index >= 15 is 0 Å². The molecule has 0 atom stereocenters. The van der Waals surface area contributed by atoms with Crippen molar-refractivity contribution in [3.05, 3.63) is 87.0 Å². The normalized spacial score (nSPS) is 11.3. The predicted octanol–water partition coefficient (Wildman–Crippen LogP) is 4.31. The van der Waals surface area contributed by atoms with Gasteiger partial charge in [-0.15, -0.1) is 11.3 Å². The number of aryl methyl sites for hydroxylation is 2. The highest BCUT2D eigenvalue weighted by Gasteiger charge is 2.19. The molecule has 0 saturated heterocycles. The van der Waals surface area contributed by atoms with Crippen molar-refractivity contribution in [3.63, 3.8) is 0 Å². The number of esters is 1. The van der Waals surface area contributed by atoms with E-state index in [4.69, 9.17) is 4.74 Å². The fourth-order valence-electron chi connectivity index (χ4n) is 3.44. The molecule has 166 valence electrons. The summed E-state index contributed by atoms with van der Waals surface area (Å²) in [7, 11) is 0. The predicted molar refractivity (Wildman–Crippen MR) is 125 cm³/mol. The van der Waals surface area contributed by atoms with Crippen LogP contribution in [0.15, 0.2) is 59.6 Å². The molecule has 7 heteroatoms. The van der Waals surface area contributed by atoms with Crippen LogP contribution in [0.5, 0.6) is 0 Å². The molecular formula is C25H26N2O4S. The number of rotatable bonds is 9. The van der Waals surface area contributed by atoms with Crippen LogP contribution in [-0.4, -0.2) is 28.8 Å². The summed E-state index contributed by atoms with van der Waals surface area (Å²) in [6.45, 7) is 5.54. The Morgan fingerprint density at radius 3 is 2.50 bits per heavy atom. The van der Waals surface area contributed by atoms with Crippen molar-refractivity contribution in [1.82, 2.24) is 9.88 Å². The van der Waals surface area contributed by atoms with E-state index in [1.165, 1.54) is 17.9 Å². The fraction of sp³-hybridized carbons (Fsp3) is 0.240. The van der Waals surface area contributed by atoms with Gasteiger partial charge >= 0.3 is 5.97 Å². The Morgan fingerprint density at radius 1 is 1.09 bits per heavy atom. The molecule has 0 spiro atoms. The zero-order valence-electron chi connectivity index (χ0n) is 18.4. The van der Waals surface area contributed by atoms with E-state index in [0.717, 1.165) is 29.9 Å². The maximum atomic E-state index is 12.8. The van der Waals surface area contributed by atoms with E-state index < -0.39 is 18.5 Å². The second-order valence-corrected chi connectivity index (χ2v) is 8.45. The highest BCUT2D eigenvalue weighted by Crippen LogP contribution is 2.18. The summed E-state index contributed by atoms with van der Waals surface area (Å²) in [4.78, 5) is 38.1. The molecule has 6 nitrogen and oxygen atoms in total. The van der Waals surface area contributed by atoms with Crippen LogP contribution < -0.4 is 5.32 Å².